The number of hydrogen-bond donors (Lipinski definition) is 2. The number of nitrogens with two attached hydrogens (primary N) is 1. The van der Waals surface area contributed by atoms with Crippen LogP contribution < -0.4 is 15.8 Å². The Labute approximate surface area is 220 Å². The third kappa shape index (κ3) is 5.86. The molecule has 4 atom stereocenters. The maximum Gasteiger partial charge on any atom is 0.414 e. The number of nitrogens with one attached hydrogen (secondary N) is 1. The van der Waals surface area contributed by atoms with Crippen molar-refractivity contribution in [2.75, 3.05) is 13.1 Å². The number of hydrogen-bond acceptors (Lipinski definition) is 7. The maximum atomic E-state index is 13.6. The molecule has 0 aliphatic carbocycles. The van der Waals surface area contributed by atoms with Gasteiger partial charge in [0.25, 0.3) is 0 Å². The van der Waals surface area contributed by atoms with E-state index in [9.17, 15) is 19.2 Å². The van der Waals surface area contributed by atoms with Gasteiger partial charge in [-0.05, 0) is 42.9 Å². The van der Waals surface area contributed by atoms with Gasteiger partial charge in [0.1, 0.15) is 12.1 Å². The molecule has 2 fully saturated rings. The van der Waals surface area contributed by atoms with Crippen molar-refractivity contribution >= 4 is 35.0 Å². The zero-order chi connectivity index (χ0) is 26.7. The fourth-order valence-corrected chi connectivity index (χ4v) is 5.89. The highest BCUT2D eigenvalue weighted by Crippen LogP contribution is 2.33. The van der Waals surface area contributed by atoms with Gasteiger partial charge in [0.2, 0.25) is 11.8 Å². The van der Waals surface area contributed by atoms with Gasteiger partial charge >= 0.3 is 6.09 Å². The van der Waals surface area contributed by atoms with Crippen LogP contribution in [0.4, 0.5) is 4.79 Å². The highest BCUT2D eigenvalue weighted by molar-refractivity contribution is 7.17. The molecule has 10 heteroatoms. The van der Waals surface area contributed by atoms with E-state index in [-0.39, 0.29) is 36.1 Å². The summed E-state index contributed by atoms with van der Waals surface area (Å²) < 4.78 is 5.50. The predicted octanol–water partition coefficient (Wildman–Crippen LogP) is 3.04. The SMILES string of the molecule is CCC(N)C(=O)N1CC(=O)C2C1CCN2C(=O)C(CC(C)C)NC(=O)Oc1ccc(-c2ccccc2)s1. The van der Waals surface area contributed by atoms with E-state index in [1.807, 2.05) is 57.2 Å². The van der Waals surface area contributed by atoms with Crippen molar-refractivity contribution in [1.82, 2.24) is 15.1 Å². The Morgan fingerprint density at radius 2 is 1.84 bits per heavy atom. The number of likely N-dealkylation sites (tertiary alicyclic amines) is 2. The van der Waals surface area contributed by atoms with Crippen LogP contribution in [-0.4, -0.2) is 70.7 Å². The summed E-state index contributed by atoms with van der Waals surface area (Å²) in [5.41, 5.74) is 6.95. The first-order valence-electron chi connectivity index (χ1n) is 12.7. The van der Waals surface area contributed by atoms with Gasteiger partial charge in [-0.3, -0.25) is 14.4 Å². The van der Waals surface area contributed by atoms with Crippen molar-refractivity contribution in [3.05, 3.63) is 42.5 Å². The Morgan fingerprint density at radius 1 is 1.11 bits per heavy atom. The quantitative estimate of drug-likeness (QED) is 0.545. The minimum atomic E-state index is -0.852. The summed E-state index contributed by atoms with van der Waals surface area (Å²) in [4.78, 5) is 56.0. The van der Waals surface area contributed by atoms with E-state index in [2.05, 4.69) is 5.32 Å². The van der Waals surface area contributed by atoms with Crippen LogP contribution in [0.1, 0.15) is 40.0 Å². The summed E-state index contributed by atoms with van der Waals surface area (Å²) in [6.45, 7) is 6.03. The Morgan fingerprint density at radius 3 is 2.51 bits per heavy atom. The second-order valence-electron chi connectivity index (χ2n) is 9.98. The van der Waals surface area contributed by atoms with Gasteiger partial charge in [0, 0.05) is 11.4 Å². The van der Waals surface area contributed by atoms with Crippen LogP contribution in [0.3, 0.4) is 0 Å². The van der Waals surface area contributed by atoms with Crippen LogP contribution in [0.2, 0.25) is 0 Å². The fraction of sp³-hybridized carbons (Fsp3) is 0.481. The Kier molecular flexibility index (Phi) is 8.29. The van der Waals surface area contributed by atoms with Gasteiger partial charge in [-0.1, -0.05) is 62.4 Å². The highest BCUT2D eigenvalue weighted by Gasteiger charge is 2.52. The largest absolute Gasteiger partial charge is 0.414 e. The lowest BCUT2D eigenvalue weighted by Gasteiger charge is -2.29. The molecule has 0 spiro atoms. The van der Waals surface area contributed by atoms with Crippen molar-refractivity contribution in [2.24, 2.45) is 11.7 Å². The lowest BCUT2D eigenvalue weighted by molar-refractivity contribution is -0.138. The minimum absolute atomic E-state index is 0.0436. The number of carbonyl (C=O) groups is 4. The first-order chi connectivity index (χ1) is 17.7. The molecular weight excluding hydrogens is 492 g/mol. The Hall–Kier alpha value is -3.24. The van der Waals surface area contributed by atoms with E-state index < -0.39 is 24.2 Å². The highest BCUT2D eigenvalue weighted by atomic mass is 32.1. The van der Waals surface area contributed by atoms with Crippen LogP contribution in [0.25, 0.3) is 10.4 Å². The van der Waals surface area contributed by atoms with E-state index in [0.717, 1.165) is 10.4 Å². The van der Waals surface area contributed by atoms with Crippen molar-refractivity contribution in [3.63, 3.8) is 0 Å². The number of fused-ring (bicyclic) bond motifs is 1. The van der Waals surface area contributed by atoms with E-state index in [0.29, 0.717) is 30.9 Å². The predicted molar refractivity (Wildman–Crippen MR) is 141 cm³/mol. The summed E-state index contributed by atoms with van der Waals surface area (Å²) in [6.07, 6.45) is 0.641. The molecule has 198 valence electrons. The summed E-state index contributed by atoms with van der Waals surface area (Å²) in [5, 5.41) is 3.14. The number of nitrogens with zero attached hydrogens (tertiary/aromatic N) is 2. The van der Waals surface area contributed by atoms with Crippen LogP contribution in [0.15, 0.2) is 42.5 Å². The van der Waals surface area contributed by atoms with Gasteiger partial charge in [-0.2, -0.15) is 0 Å². The molecule has 3 amide bonds. The maximum absolute atomic E-state index is 13.6. The zero-order valence-electron chi connectivity index (χ0n) is 21.4. The van der Waals surface area contributed by atoms with Crippen LogP contribution in [-0.2, 0) is 14.4 Å². The van der Waals surface area contributed by atoms with Gasteiger partial charge in [-0.25, -0.2) is 4.79 Å². The number of amides is 3. The van der Waals surface area contributed by atoms with E-state index in [1.54, 1.807) is 6.07 Å². The molecule has 4 unspecified atom stereocenters. The second kappa shape index (κ2) is 11.4. The minimum Gasteiger partial charge on any atom is -0.399 e. The Balaban J connectivity index is 1.43. The molecule has 4 rings (SSSR count). The van der Waals surface area contributed by atoms with Gasteiger partial charge in [0.05, 0.1) is 18.6 Å². The number of thiophene rings is 1. The van der Waals surface area contributed by atoms with Crippen molar-refractivity contribution in [3.8, 4) is 15.5 Å². The van der Waals surface area contributed by atoms with Crippen LogP contribution in [0, 0.1) is 5.92 Å². The monoisotopic (exact) mass is 526 g/mol. The molecule has 3 heterocycles. The third-order valence-electron chi connectivity index (χ3n) is 6.88. The average Bonchev–Trinajstić information content (AvgIpc) is 3.60. The number of carbonyl (C=O) groups excluding carboxylic acids is 4. The molecule has 2 aliphatic rings. The molecule has 0 radical (unpaired) electrons. The van der Waals surface area contributed by atoms with Crippen LogP contribution in [0.5, 0.6) is 5.06 Å². The second-order valence-corrected chi connectivity index (χ2v) is 11.0. The molecule has 0 saturated carbocycles. The number of rotatable bonds is 8. The first-order valence-corrected chi connectivity index (χ1v) is 13.5. The topological polar surface area (TPSA) is 122 Å². The molecule has 9 nitrogen and oxygen atoms in total. The van der Waals surface area contributed by atoms with Gasteiger partial charge in [0.15, 0.2) is 10.8 Å². The van der Waals surface area contributed by atoms with Gasteiger partial charge < -0.3 is 25.6 Å². The number of ketones is 1. The third-order valence-corrected chi connectivity index (χ3v) is 7.89. The van der Waals surface area contributed by atoms with Crippen molar-refractivity contribution in [2.45, 2.75) is 64.2 Å². The summed E-state index contributed by atoms with van der Waals surface area (Å²) >= 11 is 1.34. The molecule has 2 aromatic rings. The smallest absolute Gasteiger partial charge is 0.399 e. The number of ether oxygens (including phenoxy) is 1. The van der Waals surface area contributed by atoms with Crippen molar-refractivity contribution < 1.29 is 23.9 Å². The normalized spacial score (nSPS) is 20.6. The number of benzene rings is 1. The molecule has 0 bridgehead atoms. The number of Topliss-reactive ketones (excluding diaryl/α,β-unsaturated/α-hetero) is 1. The molecule has 2 aliphatic heterocycles. The lowest BCUT2D eigenvalue weighted by Crippen LogP contribution is -2.53. The molecule has 2 saturated heterocycles. The van der Waals surface area contributed by atoms with E-state index in [1.165, 1.54) is 21.1 Å². The standard InChI is InChI=1S/C27H34N4O5S/c1-4-18(28)25(33)31-15-21(32)24-20(31)12-13-30(24)26(34)19(14-16(2)3)29-27(35)36-23-11-10-22(37-23)17-8-6-5-7-9-17/h5-11,16,18-20,24H,4,12-15,28H2,1-3H3,(H,29,35). The lowest BCUT2D eigenvalue weighted by atomic mass is 10.0. The fourth-order valence-electron chi connectivity index (χ4n) is 5.03. The molecular formula is C27H34N4O5S. The molecule has 37 heavy (non-hydrogen) atoms. The van der Waals surface area contributed by atoms with E-state index >= 15 is 0 Å². The molecule has 1 aromatic heterocycles. The summed E-state index contributed by atoms with van der Waals surface area (Å²) in [6, 6.07) is 10.8. The summed E-state index contributed by atoms with van der Waals surface area (Å²) in [5.74, 6) is -0.662. The first kappa shape index (κ1) is 26.8. The van der Waals surface area contributed by atoms with Crippen molar-refractivity contribution in [1.29, 1.82) is 0 Å². The van der Waals surface area contributed by atoms with E-state index in [4.69, 9.17) is 10.5 Å². The average molecular weight is 527 g/mol. The van der Waals surface area contributed by atoms with Gasteiger partial charge in [-0.15, -0.1) is 0 Å². The van der Waals surface area contributed by atoms with Crippen LogP contribution >= 0.6 is 11.3 Å². The molecule has 1 aromatic carbocycles. The zero-order valence-corrected chi connectivity index (χ0v) is 22.2. The Bertz CT molecular complexity index is 1150. The molecule has 3 N–H and O–H groups in total. The summed E-state index contributed by atoms with van der Waals surface area (Å²) in [7, 11) is 0.